The molecule has 5 rings (SSSR count). The molecule has 0 spiro atoms. The van der Waals surface area contributed by atoms with Crippen LogP contribution < -0.4 is 0 Å². The zero-order chi connectivity index (χ0) is 22.2. The molecule has 1 aliphatic heterocycles. The van der Waals surface area contributed by atoms with E-state index in [4.69, 9.17) is 11.6 Å². The summed E-state index contributed by atoms with van der Waals surface area (Å²) in [5.74, 6) is 0.0684. The van der Waals surface area contributed by atoms with Crippen LogP contribution >= 0.6 is 11.6 Å². The molecule has 164 valence electrons. The van der Waals surface area contributed by atoms with Gasteiger partial charge in [0, 0.05) is 80.7 Å². The molecule has 1 saturated heterocycles. The third-order valence-corrected chi connectivity index (χ3v) is 6.44. The van der Waals surface area contributed by atoms with Crippen LogP contribution in [-0.2, 0) is 20.6 Å². The molecule has 1 fully saturated rings. The maximum atomic E-state index is 13.2. The zero-order valence-electron chi connectivity index (χ0n) is 18.2. The van der Waals surface area contributed by atoms with Crippen molar-refractivity contribution in [1.82, 2.24) is 29.1 Å². The third kappa shape index (κ3) is 3.89. The topological polar surface area (TPSA) is 59.2 Å². The summed E-state index contributed by atoms with van der Waals surface area (Å²) in [4.78, 5) is 21.7. The summed E-state index contributed by atoms with van der Waals surface area (Å²) < 4.78 is 3.89. The van der Waals surface area contributed by atoms with E-state index < -0.39 is 0 Å². The summed E-state index contributed by atoms with van der Waals surface area (Å²) in [5, 5.41) is 6.31. The lowest BCUT2D eigenvalue weighted by Gasteiger charge is -2.34. The number of carbonyl (C=O) groups excluding carboxylic acids is 1. The van der Waals surface area contributed by atoms with Crippen molar-refractivity contribution in [2.24, 2.45) is 14.1 Å². The van der Waals surface area contributed by atoms with Crippen LogP contribution in [0.3, 0.4) is 0 Å². The molecule has 1 amide bonds. The van der Waals surface area contributed by atoms with Crippen LogP contribution in [0.1, 0.15) is 16.2 Å². The van der Waals surface area contributed by atoms with Crippen LogP contribution in [0, 0.1) is 0 Å². The number of aromatic nitrogens is 4. The summed E-state index contributed by atoms with van der Waals surface area (Å²) in [5.41, 5.74) is 4.80. The van der Waals surface area contributed by atoms with Crippen LogP contribution in [0.4, 0.5) is 0 Å². The number of amides is 1. The Morgan fingerprint density at radius 3 is 2.62 bits per heavy atom. The van der Waals surface area contributed by atoms with Crippen LogP contribution in [-0.4, -0.2) is 61.2 Å². The van der Waals surface area contributed by atoms with Gasteiger partial charge in [-0.15, -0.1) is 0 Å². The van der Waals surface area contributed by atoms with Gasteiger partial charge in [-0.1, -0.05) is 11.6 Å². The molecule has 0 aliphatic carbocycles. The molecule has 8 heteroatoms. The summed E-state index contributed by atoms with van der Waals surface area (Å²) in [6.45, 7) is 3.87. The number of rotatable bonds is 4. The van der Waals surface area contributed by atoms with Gasteiger partial charge < -0.3 is 9.47 Å². The lowest BCUT2D eigenvalue weighted by molar-refractivity contribution is 0.0616. The van der Waals surface area contributed by atoms with Crippen molar-refractivity contribution in [3.63, 3.8) is 0 Å². The van der Waals surface area contributed by atoms with Gasteiger partial charge in [-0.25, -0.2) is 0 Å². The average molecular weight is 449 g/mol. The molecule has 0 saturated carbocycles. The first-order chi connectivity index (χ1) is 15.5. The molecule has 1 aliphatic rings. The van der Waals surface area contributed by atoms with Gasteiger partial charge in [0.2, 0.25) is 0 Å². The first kappa shape index (κ1) is 20.7. The average Bonchev–Trinajstić information content (AvgIpc) is 3.33. The van der Waals surface area contributed by atoms with E-state index in [2.05, 4.69) is 21.0 Å². The number of benzene rings is 1. The molecule has 0 bridgehead atoms. The summed E-state index contributed by atoms with van der Waals surface area (Å²) >= 11 is 6.12. The molecule has 4 aromatic rings. The van der Waals surface area contributed by atoms with Crippen molar-refractivity contribution in [2.45, 2.75) is 6.54 Å². The Bertz CT molecular complexity index is 1270. The van der Waals surface area contributed by atoms with Gasteiger partial charge in [-0.05, 0) is 42.5 Å². The highest BCUT2D eigenvalue weighted by Crippen LogP contribution is 2.24. The van der Waals surface area contributed by atoms with Crippen LogP contribution in [0.2, 0.25) is 5.02 Å². The second kappa shape index (κ2) is 8.41. The first-order valence-electron chi connectivity index (χ1n) is 10.7. The van der Waals surface area contributed by atoms with Gasteiger partial charge in [0.25, 0.3) is 5.91 Å². The van der Waals surface area contributed by atoms with E-state index >= 15 is 0 Å². The van der Waals surface area contributed by atoms with Crippen LogP contribution in [0.25, 0.3) is 22.2 Å². The highest BCUT2D eigenvalue weighted by Gasteiger charge is 2.25. The van der Waals surface area contributed by atoms with E-state index in [1.807, 2.05) is 70.8 Å². The second-order valence-electron chi connectivity index (χ2n) is 8.25. The van der Waals surface area contributed by atoms with Crippen molar-refractivity contribution in [2.75, 3.05) is 26.2 Å². The van der Waals surface area contributed by atoms with E-state index in [0.717, 1.165) is 47.5 Å². The Labute approximate surface area is 191 Å². The molecule has 4 heterocycles. The highest BCUT2D eigenvalue weighted by atomic mass is 35.5. The predicted octanol–water partition coefficient (Wildman–Crippen LogP) is 3.59. The fourth-order valence-corrected chi connectivity index (χ4v) is 4.52. The van der Waals surface area contributed by atoms with Crippen LogP contribution in [0.5, 0.6) is 0 Å². The van der Waals surface area contributed by atoms with Crippen molar-refractivity contribution in [3.05, 3.63) is 71.3 Å². The van der Waals surface area contributed by atoms with Gasteiger partial charge in [-0.3, -0.25) is 19.4 Å². The number of pyridine rings is 1. The number of piperazine rings is 1. The second-order valence-corrected chi connectivity index (χ2v) is 8.68. The summed E-state index contributed by atoms with van der Waals surface area (Å²) in [6.07, 6.45) is 3.60. The van der Waals surface area contributed by atoms with Gasteiger partial charge in [0.15, 0.2) is 0 Å². The molecular formula is C24H25ClN6O. The minimum atomic E-state index is 0.0684. The van der Waals surface area contributed by atoms with Crippen LogP contribution in [0.15, 0.2) is 54.9 Å². The molecule has 0 N–H and O–H groups in total. The fourth-order valence-electron chi connectivity index (χ4n) is 4.33. The van der Waals surface area contributed by atoms with Crippen molar-refractivity contribution >= 4 is 28.4 Å². The molecule has 0 radical (unpaired) electrons. The minimum absolute atomic E-state index is 0.0684. The Hall–Kier alpha value is -3.16. The molecule has 1 aromatic carbocycles. The largest absolute Gasteiger partial charge is 0.340 e. The molecule has 7 nitrogen and oxygen atoms in total. The van der Waals surface area contributed by atoms with Crippen molar-refractivity contribution < 1.29 is 4.79 Å². The lowest BCUT2D eigenvalue weighted by Crippen LogP contribution is -2.48. The number of carbonyl (C=O) groups is 1. The van der Waals surface area contributed by atoms with Gasteiger partial charge in [-0.2, -0.15) is 5.10 Å². The van der Waals surface area contributed by atoms with Gasteiger partial charge in [0.1, 0.15) is 5.69 Å². The highest BCUT2D eigenvalue weighted by molar-refractivity contribution is 6.31. The fraction of sp³-hybridized carbons (Fsp3) is 0.292. The molecule has 3 aromatic heterocycles. The number of hydrogen-bond acceptors (Lipinski definition) is 4. The third-order valence-electron chi connectivity index (χ3n) is 6.20. The molecule has 0 unspecified atom stereocenters. The molecule has 0 atom stereocenters. The number of aryl methyl sites for hydroxylation is 2. The quantitative estimate of drug-likeness (QED) is 0.478. The smallest absolute Gasteiger partial charge is 0.270 e. The van der Waals surface area contributed by atoms with E-state index in [-0.39, 0.29) is 5.91 Å². The normalized spacial score (nSPS) is 14.9. The lowest BCUT2D eigenvalue weighted by atomic mass is 10.2. The standard InChI is InChI=1S/C24H25ClN6O/c1-28-22-6-5-19(25)12-18(22)13-23(28)24(32)31-10-8-30(9-11-31)16-20-14-21(27-29(20)2)17-4-3-7-26-15-17/h3-7,12-15H,8-11,16H2,1-2H3. The Morgan fingerprint density at radius 1 is 1.06 bits per heavy atom. The summed E-state index contributed by atoms with van der Waals surface area (Å²) in [7, 11) is 3.91. The maximum absolute atomic E-state index is 13.2. The van der Waals surface area contributed by atoms with E-state index in [1.165, 1.54) is 0 Å². The van der Waals surface area contributed by atoms with Gasteiger partial charge in [0.05, 0.1) is 11.4 Å². The Balaban J connectivity index is 1.24. The minimum Gasteiger partial charge on any atom is -0.340 e. The number of fused-ring (bicyclic) bond motifs is 1. The zero-order valence-corrected chi connectivity index (χ0v) is 19.0. The van der Waals surface area contributed by atoms with E-state index in [1.54, 1.807) is 6.20 Å². The van der Waals surface area contributed by atoms with Crippen molar-refractivity contribution in [1.29, 1.82) is 0 Å². The molecular weight excluding hydrogens is 424 g/mol. The van der Waals surface area contributed by atoms with E-state index in [9.17, 15) is 4.79 Å². The number of hydrogen-bond donors (Lipinski definition) is 0. The SMILES string of the molecule is Cn1nc(-c2cccnc2)cc1CN1CCN(C(=O)c2cc3cc(Cl)ccc3n2C)CC1. The number of nitrogens with zero attached hydrogens (tertiary/aromatic N) is 6. The number of halogens is 1. The Morgan fingerprint density at radius 2 is 1.88 bits per heavy atom. The first-order valence-corrected chi connectivity index (χ1v) is 11.1. The molecule has 32 heavy (non-hydrogen) atoms. The Kier molecular flexibility index (Phi) is 5.45. The monoisotopic (exact) mass is 448 g/mol. The van der Waals surface area contributed by atoms with Gasteiger partial charge >= 0.3 is 0 Å². The van der Waals surface area contributed by atoms with E-state index in [0.29, 0.717) is 23.8 Å². The maximum Gasteiger partial charge on any atom is 0.270 e. The summed E-state index contributed by atoms with van der Waals surface area (Å²) in [6, 6.07) is 13.7. The van der Waals surface area contributed by atoms with Crippen molar-refractivity contribution in [3.8, 4) is 11.3 Å². The predicted molar refractivity (Wildman–Crippen MR) is 126 cm³/mol.